The molecule has 7 heteroatoms. The Morgan fingerprint density at radius 1 is 1.03 bits per heavy atom. The van der Waals surface area contributed by atoms with Gasteiger partial charge in [-0.2, -0.15) is 0 Å². The van der Waals surface area contributed by atoms with Crippen LogP contribution < -0.4 is 15.5 Å². The summed E-state index contributed by atoms with van der Waals surface area (Å²) < 4.78 is 0. The fourth-order valence-corrected chi connectivity index (χ4v) is 5.38. The lowest BCUT2D eigenvalue weighted by atomic mass is 9.97. The van der Waals surface area contributed by atoms with Gasteiger partial charge in [0.25, 0.3) is 0 Å². The molecular formula is C25H42IN5O. The molecule has 0 spiro atoms. The Morgan fingerprint density at radius 2 is 1.75 bits per heavy atom. The summed E-state index contributed by atoms with van der Waals surface area (Å²) in [6.45, 7) is 8.48. The van der Waals surface area contributed by atoms with E-state index in [2.05, 4.69) is 51.6 Å². The van der Waals surface area contributed by atoms with Crippen molar-refractivity contribution in [2.45, 2.75) is 70.5 Å². The number of halogens is 1. The zero-order valence-electron chi connectivity index (χ0n) is 19.6. The highest BCUT2D eigenvalue weighted by atomic mass is 127. The maximum Gasteiger partial charge on any atom is 0.191 e. The van der Waals surface area contributed by atoms with E-state index in [1.807, 2.05) is 0 Å². The van der Waals surface area contributed by atoms with Crippen molar-refractivity contribution in [1.82, 2.24) is 15.5 Å². The number of aliphatic hydroxyl groups is 1. The van der Waals surface area contributed by atoms with Gasteiger partial charge in [-0.1, -0.05) is 25.0 Å². The molecule has 1 aliphatic carbocycles. The van der Waals surface area contributed by atoms with Crippen LogP contribution in [0.4, 0.5) is 5.69 Å². The molecule has 3 fully saturated rings. The smallest absolute Gasteiger partial charge is 0.191 e. The maximum atomic E-state index is 9.33. The van der Waals surface area contributed by atoms with Gasteiger partial charge in [-0.25, -0.2) is 4.99 Å². The first-order valence-electron chi connectivity index (χ1n) is 12.5. The van der Waals surface area contributed by atoms with Crippen LogP contribution in [0.1, 0.15) is 57.4 Å². The number of hydrogen-bond donors (Lipinski definition) is 3. The lowest BCUT2D eigenvalue weighted by Crippen LogP contribution is -2.45. The van der Waals surface area contributed by atoms with Gasteiger partial charge >= 0.3 is 0 Å². The largest absolute Gasteiger partial charge is 0.396 e. The van der Waals surface area contributed by atoms with Crippen LogP contribution in [0.5, 0.6) is 0 Å². The van der Waals surface area contributed by atoms with Crippen LogP contribution in [0, 0.1) is 5.92 Å². The standard InChI is InChI=1S/C25H41N5O.HI/c1-2-26-25(28-22-13-16-30(18-22)23-5-3-4-6-23)27-17-20-7-9-24(10-8-20)29-14-11-21(19-31)12-15-29;/h7-10,21-23,31H,2-6,11-19H2,1H3,(H2,26,27,28);1H. The van der Waals surface area contributed by atoms with Gasteiger partial charge < -0.3 is 20.6 Å². The highest BCUT2D eigenvalue weighted by molar-refractivity contribution is 14.0. The normalized spacial score (nSPS) is 23.4. The minimum atomic E-state index is 0. The summed E-state index contributed by atoms with van der Waals surface area (Å²) in [6.07, 6.45) is 8.96. The Kier molecular flexibility index (Phi) is 10.4. The molecule has 32 heavy (non-hydrogen) atoms. The first-order valence-corrected chi connectivity index (χ1v) is 12.5. The lowest BCUT2D eigenvalue weighted by molar-refractivity contribution is 0.203. The number of aliphatic hydroxyl groups excluding tert-OH is 1. The topological polar surface area (TPSA) is 63.1 Å². The van der Waals surface area contributed by atoms with Crippen molar-refractivity contribution in [1.29, 1.82) is 0 Å². The second kappa shape index (κ2) is 13.0. The van der Waals surface area contributed by atoms with E-state index in [-0.39, 0.29) is 24.0 Å². The quantitative estimate of drug-likeness (QED) is 0.273. The average molecular weight is 556 g/mol. The molecule has 4 rings (SSSR count). The number of piperidine rings is 1. The van der Waals surface area contributed by atoms with Crippen molar-refractivity contribution in [3.05, 3.63) is 29.8 Å². The molecule has 0 aromatic heterocycles. The third-order valence-corrected chi connectivity index (χ3v) is 7.34. The van der Waals surface area contributed by atoms with Crippen LogP contribution in [0.2, 0.25) is 0 Å². The fourth-order valence-electron chi connectivity index (χ4n) is 5.38. The highest BCUT2D eigenvalue weighted by Gasteiger charge is 2.30. The van der Waals surface area contributed by atoms with E-state index >= 15 is 0 Å². The van der Waals surface area contributed by atoms with Crippen molar-refractivity contribution in [3.8, 4) is 0 Å². The monoisotopic (exact) mass is 555 g/mol. The first-order chi connectivity index (χ1) is 15.2. The second-order valence-electron chi connectivity index (χ2n) is 9.54. The predicted octanol–water partition coefficient (Wildman–Crippen LogP) is 3.59. The number of aliphatic imine (C=N–C) groups is 1. The van der Waals surface area contributed by atoms with Crippen LogP contribution in [0.15, 0.2) is 29.3 Å². The molecule has 2 heterocycles. The predicted molar refractivity (Wildman–Crippen MR) is 144 cm³/mol. The van der Waals surface area contributed by atoms with E-state index in [0.29, 0.717) is 25.1 Å². The summed E-state index contributed by atoms with van der Waals surface area (Å²) in [5.41, 5.74) is 2.53. The summed E-state index contributed by atoms with van der Waals surface area (Å²) in [7, 11) is 0. The summed E-state index contributed by atoms with van der Waals surface area (Å²) >= 11 is 0. The SMILES string of the molecule is CCNC(=NCc1ccc(N2CCC(CO)CC2)cc1)NC1CCN(C2CCCC2)C1.I. The Balaban J connectivity index is 0.00000289. The van der Waals surface area contributed by atoms with E-state index in [1.54, 1.807) is 0 Å². The molecule has 1 unspecified atom stereocenters. The second-order valence-corrected chi connectivity index (χ2v) is 9.54. The number of nitrogens with zero attached hydrogens (tertiary/aromatic N) is 3. The van der Waals surface area contributed by atoms with Gasteiger partial charge in [0, 0.05) is 57.1 Å². The van der Waals surface area contributed by atoms with Crippen molar-refractivity contribution in [2.24, 2.45) is 10.9 Å². The van der Waals surface area contributed by atoms with E-state index in [1.165, 1.54) is 49.9 Å². The molecule has 2 aliphatic heterocycles. The van der Waals surface area contributed by atoms with Crippen LogP contribution in [0.25, 0.3) is 0 Å². The summed E-state index contributed by atoms with van der Waals surface area (Å²) in [4.78, 5) is 9.99. The Labute approximate surface area is 211 Å². The van der Waals surface area contributed by atoms with E-state index in [4.69, 9.17) is 4.99 Å². The molecule has 3 aliphatic rings. The molecule has 1 aromatic carbocycles. The number of anilines is 1. The molecule has 3 N–H and O–H groups in total. The highest BCUT2D eigenvalue weighted by Crippen LogP contribution is 2.26. The lowest BCUT2D eigenvalue weighted by Gasteiger charge is -2.32. The van der Waals surface area contributed by atoms with E-state index < -0.39 is 0 Å². The van der Waals surface area contributed by atoms with Gasteiger partial charge in [0.2, 0.25) is 0 Å². The summed E-state index contributed by atoms with van der Waals surface area (Å²) in [5.74, 6) is 1.42. The number of nitrogens with one attached hydrogen (secondary N) is 2. The first kappa shape index (κ1) is 25.6. The molecule has 2 saturated heterocycles. The Hall–Kier alpha value is -1.06. The fraction of sp³-hybridized carbons (Fsp3) is 0.720. The third kappa shape index (κ3) is 6.97. The summed E-state index contributed by atoms with van der Waals surface area (Å²) in [5, 5.41) is 16.4. The van der Waals surface area contributed by atoms with E-state index in [9.17, 15) is 5.11 Å². The van der Waals surface area contributed by atoms with Gasteiger partial charge in [-0.05, 0) is 62.6 Å². The van der Waals surface area contributed by atoms with Gasteiger partial charge in [0.15, 0.2) is 5.96 Å². The number of hydrogen-bond acceptors (Lipinski definition) is 4. The van der Waals surface area contributed by atoms with Gasteiger partial charge in [0.1, 0.15) is 0 Å². The molecule has 0 bridgehead atoms. The molecular weight excluding hydrogens is 513 g/mol. The van der Waals surface area contributed by atoms with Crippen molar-refractivity contribution in [2.75, 3.05) is 44.2 Å². The maximum absolute atomic E-state index is 9.33. The van der Waals surface area contributed by atoms with Crippen LogP contribution in [-0.4, -0.2) is 67.4 Å². The number of benzene rings is 1. The number of likely N-dealkylation sites (tertiary alicyclic amines) is 1. The molecule has 0 amide bonds. The van der Waals surface area contributed by atoms with Crippen molar-refractivity contribution >= 4 is 35.6 Å². The average Bonchev–Trinajstić information content (AvgIpc) is 3.50. The van der Waals surface area contributed by atoms with E-state index in [0.717, 1.165) is 51.0 Å². The molecule has 0 radical (unpaired) electrons. The van der Waals surface area contributed by atoms with Crippen LogP contribution in [0.3, 0.4) is 0 Å². The van der Waals surface area contributed by atoms with Gasteiger partial charge in [-0.15, -0.1) is 24.0 Å². The summed E-state index contributed by atoms with van der Waals surface area (Å²) in [6, 6.07) is 10.2. The van der Waals surface area contributed by atoms with Crippen molar-refractivity contribution in [3.63, 3.8) is 0 Å². The zero-order valence-corrected chi connectivity index (χ0v) is 22.0. The third-order valence-electron chi connectivity index (χ3n) is 7.34. The van der Waals surface area contributed by atoms with Crippen LogP contribution >= 0.6 is 24.0 Å². The number of rotatable bonds is 7. The van der Waals surface area contributed by atoms with Crippen LogP contribution in [-0.2, 0) is 6.54 Å². The number of guanidine groups is 1. The minimum Gasteiger partial charge on any atom is -0.396 e. The Bertz CT molecular complexity index is 699. The molecule has 1 aromatic rings. The Morgan fingerprint density at radius 3 is 2.41 bits per heavy atom. The zero-order chi connectivity index (χ0) is 21.5. The van der Waals surface area contributed by atoms with Gasteiger partial charge in [0.05, 0.1) is 6.54 Å². The van der Waals surface area contributed by atoms with Crippen molar-refractivity contribution < 1.29 is 5.11 Å². The molecule has 180 valence electrons. The molecule has 1 saturated carbocycles. The molecule has 1 atom stereocenters. The minimum absolute atomic E-state index is 0. The molecule has 6 nitrogen and oxygen atoms in total. The van der Waals surface area contributed by atoms with Gasteiger partial charge in [-0.3, -0.25) is 4.90 Å².